The zero-order valence-electron chi connectivity index (χ0n) is 24.1. The highest BCUT2D eigenvalue weighted by atomic mass is 19.4. The highest BCUT2D eigenvalue weighted by molar-refractivity contribution is 5.99. The third-order valence-electron chi connectivity index (χ3n) is 7.55. The molecule has 9 nitrogen and oxygen atoms in total. The van der Waals surface area contributed by atoms with Crippen LogP contribution in [0.2, 0.25) is 0 Å². The summed E-state index contributed by atoms with van der Waals surface area (Å²) in [6.45, 7) is 3.26. The average Bonchev–Trinajstić information content (AvgIpc) is 2.95. The first-order valence-electron chi connectivity index (χ1n) is 13.9. The number of halogens is 3. The number of fused-ring (bicyclic) bond motifs is 1. The number of anilines is 1. The molecule has 0 saturated carbocycles. The van der Waals surface area contributed by atoms with Gasteiger partial charge in [0.05, 0.1) is 55.7 Å². The Balaban J connectivity index is 1.78. The lowest BCUT2D eigenvalue weighted by molar-refractivity contribution is -0.907. The smallest absolute Gasteiger partial charge is 0.332 e. The summed E-state index contributed by atoms with van der Waals surface area (Å²) in [5, 5.41) is 3.63. The van der Waals surface area contributed by atoms with Crippen molar-refractivity contribution in [2.45, 2.75) is 37.5 Å². The summed E-state index contributed by atoms with van der Waals surface area (Å²) in [5.41, 5.74) is 18.7. The molecule has 2 atom stereocenters. The van der Waals surface area contributed by atoms with E-state index in [0.29, 0.717) is 41.7 Å². The SMILES string of the molecule is CN(C(=O)[C@@H](N)CCC[N+](C)(CCN)CCN)[C@H](Cc1ccc(C(F)(F)F)cc1)C(=O)Nc1cnc2ccccc2c1. The van der Waals surface area contributed by atoms with Crippen molar-refractivity contribution in [3.8, 4) is 0 Å². The Morgan fingerprint density at radius 3 is 2.29 bits per heavy atom. The number of nitrogens with one attached hydrogen (secondary N) is 1. The van der Waals surface area contributed by atoms with Gasteiger partial charge in [-0.15, -0.1) is 0 Å². The first kappa shape index (κ1) is 32.9. The summed E-state index contributed by atoms with van der Waals surface area (Å²) < 4.78 is 40.0. The highest BCUT2D eigenvalue weighted by Crippen LogP contribution is 2.29. The summed E-state index contributed by atoms with van der Waals surface area (Å²) in [6.07, 6.45) is -1.95. The van der Waals surface area contributed by atoms with E-state index in [1.54, 1.807) is 6.07 Å². The van der Waals surface area contributed by atoms with Crippen LogP contribution in [0.15, 0.2) is 60.8 Å². The number of pyridine rings is 1. The van der Waals surface area contributed by atoms with Gasteiger partial charge in [0.1, 0.15) is 6.04 Å². The number of quaternary nitrogens is 1. The van der Waals surface area contributed by atoms with E-state index in [0.717, 1.165) is 42.7 Å². The number of aromatic nitrogens is 1. The second-order valence-corrected chi connectivity index (χ2v) is 10.9. The molecule has 3 rings (SSSR count). The highest BCUT2D eigenvalue weighted by Gasteiger charge is 2.32. The Labute approximate surface area is 244 Å². The van der Waals surface area contributed by atoms with Gasteiger partial charge < -0.3 is 31.9 Å². The Morgan fingerprint density at radius 1 is 1.02 bits per heavy atom. The Morgan fingerprint density at radius 2 is 1.67 bits per heavy atom. The number of nitrogens with two attached hydrogens (primary N) is 3. The topological polar surface area (TPSA) is 140 Å². The number of hydrogen-bond donors (Lipinski definition) is 4. The summed E-state index contributed by atoms with van der Waals surface area (Å²) in [4.78, 5) is 32.6. The minimum atomic E-state index is -4.49. The molecular formula is C30H41F3N7O2+. The molecule has 228 valence electrons. The maximum atomic E-state index is 13.6. The van der Waals surface area contributed by atoms with Gasteiger partial charge in [0.2, 0.25) is 11.8 Å². The number of rotatable bonds is 14. The number of amides is 2. The van der Waals surface area contributed by atoms with E-state index in [1.807, 2.05) is 24.3 Å². The number of carbonyl (C=O) groups is 2. The van der Waals surface area contributed by atoms with Gasteiger partial charge in [-0.1, -0.05) is 30.3 Å². The second kappa shape index (κ2) is 14.5. The van der Waals surface area contributed by atoms with Gasteiger partial charge >= 0.3 is 6.18 Å². The zero-order valence-corrected chi connectivity index (χ0v) is 24.1. The number of nitrogens with zero attached hydrogens (tertiary/aromatic N) is 3. The van der Waals surface area contributed by atoms with Crippen LogP contribution < -0.4 is 22.5 Å². The zero-order chi connectivity index (χ0) is 30.9. The molecule has 12 heteroatoms. The fraction of sp³-hybridized carbons (Fsp3) is 0.433. The van der Waals surface area contributed by atoms with E-state index in [-0.39, 0.29) is 6.42 Å². The van der Waals surface area contributed by atoms with Gasteiger partial charge in [0, 0.05) is 31.9 Å². The van der Waals surface area contributed by atoms with Crippen molar-refractivity contribution in [1.29, 1.82) is 0 Å². The standard InChI is InChI=1S/C30H40F3N7O2/c1-39(29(42)25(36)7-5-15-40(2,16-13-34)17-14-35)27(18-21-9-11-23(12-10-21)30(31,32)33)28(41)38-24-19-22-6-3-4-8-26(22)37-20-24/h3-4,6,8-12,19-20,25,27H,5,7,13-18,34-36H2,1-2H3/p+1/t25-,27+/m0/s1. The minimum absolute atomic E-state index is 0.0120. The van der Waals surface area contributed by atoms with Gasteiger partial charge in [-0.3, -0.25) is 14.6 Å². The number of alkyl halides is 3. The lowest BCUT2D eigenvalue weighted by Crippen LogP contribution is -2.53. The summed E-state index contributed by atoms with van der Waals surface area (Å²) in [6, 6.07) is 11.8. The number of carbonyl (C=O) groups excluding carboxylic acids is 2. The third-order valence-corrected chi connectivity index (χ3v) is 7.55. The minimum Gasteiger partial charge on any atom is -0.332 e. The number of hydrogen-bond acceptors (Lipinski definition) is 6. The van der Waals surface area contributed by atoms with Gasteiger partial charge in [-0.2, -0.15) is 13.2 Å². The van der Waals surface area contributed by atoms with Crippen LogP contribution in [0, 0.1) is 0 Å². The molecule has 0 aliphatic rings. The molecule has 42 heavy (non-hydrogen) atoms. The molecule has 0 fully saturated rings. The van der Waals surface area contributed by atoms with E-state index in [9.17, 15) is 22.8 Å². The number of benzene rings is 2. The van der Waals surface area contributed by atoms with Crippen molar-refractivity contribution >= 4 is 28.4 Å². The first-order chi connectivity index (χ1) is 19.9. The lowest BCUT2D eigenvalue weighted by Gasteiger charge is -2.34. The molecule has 0 saturated heterocycles. The normalized spacial score (nSPS) is 13.5. The molecule has 0 aliphatic heterocycles. The van der Waals surface area contributed by atoms with E-state index < -0.39 is 35.6 Å². The fourth-order valence-corrected chi connectivity index (χ4v) is 5.01. The summed E-state index contributed by atoms with van der Waals surface area (Å²) in [5.74, 6) is -0.948. The van der Waals surface area contributed by atoms with Gasteiger partial charge in [-0.25, -0.2) is 0 Å². The van der Waals surface area contributed by atoms with Crippen molar-refractivity contribution in [2.24, 2.45) is 17.2 Å². The van der Waals surface area contributed by atoms with Crippen LogP contribution in [0.25, 0.3) is 10.9 Å². The molecule has 2 aromatic carbocycles. The first-order valence-corrected chi connectivity index (χ1v) is 13.9. The summed E-state index contributed by atoms with van der Waals surface area (Å²) >= 11 is 0. The van der Waals surface area contributed by atoms with E-state index >= 15 is 0 Å². The maximum Gasteiger partial charge on any atom is 0.416 e. The van der Waals surface area contributed by atoms with Crippen molar-refractivity contribution in [1.82, 2.24) is 9.88 Å². The van der Waals surface area contributed by atoms with Crippen LogP contribution in [0.3, 0.4) is 0 Å². The number of likely N-dealkylation sites (N-methyl/N-ethyl adjacent to an activating group) is 2. The Bertz CT molecular complexity index is 1330. The molecule has 0 spiro atoms. The molecule has 0 aliphatic carbocycles. The van der Waals surface area contributed by atoms with Crippen molar-refractivity contribution < 1.29 is 27.2 Å². The van der Waals surface area contributed by atoms with E-state index in [4.69, 9.17) is 17.2 Å². The van der Waals surface area contributed by atoms with Crippen LogP contribution >= 0.6 is 0 Å². The number of para-hydroxylation sites is 1. The summed E-state index contributed by atoms with van der Waals surface area (Å²) in [7, 11) is 3.55. The van der Waals surface area contributed by atoms with Crippen LogP contribution in [-0.4, -0.2) is 85.1 Å². The van der Waals surface area contributed by atoms with E-state index in [1.165, 1.54) is 30.3 Å². The molecule has 2 amide bonds. The lowest BCUT2D eigenvalue weighted by atomic mass is 10.0. The van der Waals surface area contributed by atoms with Gasteiger partial charge in [-0.05, 0) is 42.7 Å². The van der Waals surface area contributed by atoms with Crippen LogP contribution in [0.1, 0.15) is 24.0 Å². The molecule has 0 radical (unpaired) electrons. The second-order valence-electron chi connectivity index (χ2n) is 10.9. The average molecular weight is 589 g/mol. The Hall–Kier alpha value is -3.58. The van der Waals surface area contributed by atoms with Gasteiger partial charge in [0.25, 0.3) is 0 Å². The predicted octanol–water partition coefficient (Wildman–Crippen LogP) is 2.73. The maximum absolute atomic E-state index is 13.6. The largest absolute Gasteiger partial charge is 0.416 e. The van der Waals surface area contributed by atoms with E-state index in [2.05, 4.69) is 17.3 Å². The van der Waals surface area contributed by atoms with Crippen LogP contribution in [0.4, 0.5) is 18.9 Å². The van der Waals surface area contributed by atoms with Crippen molar-refractivity contribution in [2.75, 3.05) is 52.1 Å². The molecule has 0 unspecified atom stereocenters. The van der Waals surface area contributed by atoms with Crippen molar-refractivity contribution in [3.05, 3.63) is 71.9 Å². The monoisotopic (exact) mass is 588 g/mol. The quantitative estimate of drug-likeness (QED) is 0.214. The molecule has 1 heterocycles. The molecular weight excluding hydrogens is 547 g/mol. The molecule has 3 aromatic rings. The van der Waals surface area contributed by atoms with Crippen LogP contribution in [-0.2, 0) is 22.2 Å². The molecule has 7 N–H and O–H groups in total. The van der Waals surface area contributed by atoms with Crippen LogP contribution in [0.5, 0.6) is 0 Å². The predicted molar refractivity (Wildman–Crippen MR) is 158 cm³/mol. The van der Waals surface area contributed by atoms with Crippen molar-refractivity contribution in [3.63, 3.8) is 0 Å². The fourth-order valence-electron chi connectivity index (χ4n) is 5.01. The molecule has 0 bridgehead atoms. The van der Waals surface area contributed by atoms with Gasteiger partial charge in [0.15, 0.2) is 0 Å². The Kier molecular flexibility index (Phi) is 11.4. The molecule has 1 aromatic heterocycles. The third kappa shape index (κ3) is 8.96.